The van der Waals surface area contributed by atoms with Crippen molar-refractivity contribution in [2.45, 2.75) is 6.92 Å². The van der Waals surface area contributed by atoms with Crippen LogP contribution in [0, 0.1) is 0 Å². The molecule has 0 fully saturated rings. The summed E-state index contributed by atoms with van der Waals surface area (Å²) in [5.41, 5.74) is 6.13. The third kappa shape index (κ3) is 2.56. The molecule has 0 saturated heterocycles. The molecule has 0 saturated carbocycles. The molecule has 0 aliphatic heterocycles. The minimum absolute atomic E-state index is 0.963. The monoisotopic (exact) mass is 259 g/mol. The number of hydrogen-bond acceptors (Lipinski definition) is 1. The lowest BCUT2D eigenvalue weighted by Gasteiger charge is -1.98. The zero-order valence-electron chi connectivity index (χ0n) is 8.37. The molecule has 0 atom stereocenters. The van der Waals surface area contributed by atoms with Crippen LogP contribution in [0.5, 0.6) is 0 Å². The van der Waals surface area contributed by atoms with Gasteiger partial charge in [0.15, 0.2) is 0 Å². The van der Waals surface area contributed by atoms with Crippen molar-refractivity contribution in [1.82, 2.24) is 0 Å². The van der Waals surface area contributed by atoms with Gasteiger partial charge in [-0.3, -0.25) is 4.99 Å². The first kappa shape index (κ1) is 10.2. The maximum absolute atomic E-state index is 4.51. The molecule has 0 aromatic heterocycles. The zero-order chi connectivity index (χ0) is 10.7. The quantitative estimate of drug-likeness (QED) is 0.558. The van der Waals surface area contributed by atoms with Gasteiger partial charge in [-0.25, -0.2) is 0 Å². The second kappa shape index (κ2) is 4.43. The number of hydrogen-bond donors (Lipinski definition) is 0. The van der Waals surface area contributed by atoms with Gasteiger partial charge in [0, 0.05) is 10.0 Å². The first-order valence-corrected chi connectivity index (χ1v) is 5.49. The van der Waals surface area contributed by atoms with Crippen LogP contribution in [0.2, 0.25) is 0 Å². The molecular weight excluding hydrogens is 250 g/mol. The summed E-state index contributed by atoms with van der Waals surface area (Å²) in [6, 6.07) is 7.94. The average Bonchev–Trinajstić information content (AvgIpc) is 2.74. The molecular formula is C13H10BrN. The van der Waals surface area contributed by atoms with Gasteiger partial charge in [0.1, 0.15) is 0 Å². The molecule has 1 aromatic rings. The second-order valence-electron chi connectivity index (χ2n) is 3.26. The van der Waals surface area contributed by atoms with Crippen molar-refractivity contribution >= 4 is 27.3 Å². The molecule has 0 radical (unpaired) electrons. The van der Waals surface area contributed by atoms with Gasteiger partial charge >= 0.3 is 0 Å². The van der Waals surface area contributed by atoms with Gasteiger partial charge in [-0.2, -0.15) is 0 Å². The van der Waals surface area contributed by atoms with Crippen LogP contribution in [0.15, 0.2) is 63.3 Å². The smallest absolute Gasteiger partial charge is 0.0634 e. The van der Waals surface area contributed by atoms with Crippen LogP contribution >= 0.6 is 15.9 Å². The van der Waals surface area contributed by atoms with E-state index in [1.807, 2.05) is 49.4 Å². The number of aliphatic imine (C=N–C) groups is 1. The molecule has 0 amide bonds. The van der Waals surface area contributed by atoms with E-state index in [-0.39, 0.29) is 0 Å². The van der Waals surface area contributed by atoms with E-state index in [1.165, 1.54) is 0 Å². The van der Waals surface area contributed by atoms with E-state index in [2.05, 4.69) is 26.7 Å². The predicted octanol–water partition coefficient (Wildman–Crippen LogP) is 4.19. The fourth-order valence-electron chi connectivity index (χ4n) is 1.32. The third-order valence-corrected chi connectivity index (χ3v) is 2.64. The van der Waals surface area contributed by atoms with E-state index in [1.54, 1.807) is 0 Å². The van der Waals surface area contributed by atoms with Crippen LogP contribution in [0.1, 0.15) is 6.92 Å². The Labute approximate surface area is 97.7 Å². The van der Waals surface area contributed by atoms with Crippen molar-refractivity contribution in [1.29, 1.82) is 0 Å². The lowest BCUT2D eigenvalue weighted by atomic mass is 10.2. The molecule has 0 N–H and O–H groups in total. The van der Waals surface area contributed by atoms with Crippen LogP contribution in [0.25, 0.3) is 0 Å². The molecule has 2 heteroatoms. The topological polar surface area (TPSA) is 12.4 Å². The van der Waals surface area contributed by atoms with Crippen molar-refractivity contribution in [3.05, 3.63) is 58.3 Å². The van der Waals surface area contributed by atoms with Crippen LogP contribution < -0.4 is 0 Å². The lowest BCUT2D eigenvalue weighted by Crippen LogP contribution is -1.90. The van der Waals surface area contributed by atoms with Crippen LogP contribution in [-0.2, 0) is 0 Å². The van der Waals surface area contributed by atoms with Crippen molar-refractivity contribution in [2.75, 3.05) is 0 Å². The molecule has 1 aliphatic carbocycles. The highest BCUT2D eigenvalue weighted by Gasteiger charge is 1.99. The van der Waals surface area contributed by atoms with Crippen molar-refractivity contribution < 1.29 is 0 Å². The summed E-state index contributed by atoms with van der Waals surface area (Å²) in [7, 11) is 0. The third-order valence-electron chi connectivity index (χ3n) is 2.11. The van der Waals surface area contributed by atoms with Crippen molar-refractivity contribution in [3.8, 4) is 0 Å². The number of benzene rings is 1. The SMILES string of the molecule is CC(=Nc1ccc(Br)cc1)C1=C=CC=C1. The highest BCUT2D eigenvalue weighted by molar-refractivity contribution is 9.10. The normalized spacial score (nSPS) is 14.5. The Morgan fingerprint density at radius 3 is 2.60 bits per heavy atom. The number of rotatable bonds is 2. The summed E-state index contributed by atoms with van der Waals surface area (Å²) in [4.78, 5) is 4.51. The minimum Gasteiger partial charge on any atom is -0.252 e. The Morgan fingerprint density at radius 1 is 1.27 bits per heavy atom. The Kier molecular flexibility index (Phi) is 3.00. The standard InChI is InChI=1S/C13H10BrN/c1-10(11-4-2-3-5-11)15-13-8-6-12(14)7-9-13/h2-4,6-9H,1H3. The summed E-state index contributed by atoms with van der Waals surface area (Å²) < 4.78 is 1.07. The van der Waals surface area contributed by atoms with Crippen LogP contribution in [0.3, 0.4) is 0 Å². The van der Waals surface area contributed by atoms with E-state index < -0.39 is 0 Å². The van der Waals surface area contributed by atoms with E-state index in [0.717, 1.165) is 21.4 Å². The fraction of sp³-hybridized carbons (Fsp3) is 0.0769. The van der Waals surface area contributed by atoms with Gasteiger partial charge < -0.3 is 0 Å². The molecule has 0 spiro atoms. The van der Waals surface area contributed by atoms with Gasteiger partial charge in [0.2, 0.25) is 0 Å². The maximum Gasteiger partial charge on any atom is 0.0634 e. The van der Waals surface area contributed by atoms with Gasteiger partial charge in [-0.15, -0.1) is 5.73 Å². The summed E-state index contributed by atoms with van der Waals surface area (Å²) in [5, 5.41) is 0. The molecule has 1 nitrogen and oxygen atoms in total. The summed E-state index contributed by atoms with van der Waals surface area (Å²) in [5.74, 6) is 0. The number of allylic oxidation sites excluding steroid dienone is 3. The molecule has 0 heterocycles. The van der Waals surface area contributed by atoms with Gasteiger partial charge in [-0.05, 0) is 43.3 Å². The lowest BCUT2D eigenvalue weighted by molar-refractivity contribution is 1.48. The van der Waals surface area contributed by atoms with E-state index in [9.17, 15) is 0 Å². The average molecular weight is 260 g/mol. The first-order chi connectivity index (χ1) is 7.25. The number of nitrogens with zero attached hydrogens (tertiary/aromatic N) is 1. The van der Waals surface area contributed by atoms with E-state index in [0.29, 0.717) is 0 Å². The summed E-state index contributed by atoms with van der Waals surface area (Å²) in [6.45, 7) is 1.99. The van der Waals surface area contributed by atoms with Gasteiger partial charge in [0.05, 0.1) is 11.4 Å². The molecule has 1 aromatic carbocycles. The van der Waals surface area contributed by atoms with E-state index in [4.69, 9.17) is 0 Å². The molecule has 0 unspecified atom stereocenters. The summed E-state index contributed by atoms with van der Waals surface area (Å²) in [6.07, 6.45) is 5.88. The van der Waals surface area contributed by atoms with Crippen LogP contribution in [0.4, 0.5) is 5.69 Å². The van der Waals surface area contributed by atoms with Crippen LogP contribution in [-0.4, -0.2) is 5.71 Å². The molecule has 0 bridgehead atoms. The van der Waals surface area contributed by atoms with Gasteiger partial charge in [0.25, 0.3) is 0 Å². The molecule has 1 aliphatic rings. The largest absolute Gasteiger partial charge is 0.252 e. The molecule has 15 heavy (non-hydrogen) atoms. The Bertz CT molecular complexity index is 486. The first-order valence-electron chi connectivity index (χ1n) is 4.70. The Morgan fingerprint density at radius 2 is 2.00 bits per heavy atom. The van der Waals surface area contributed by atoms with Gasteiger partial charge in [-0.1, -0.05) is 22.0 Å². The fourth-order valence-corrected chi connectivity index (χ4v) is 1.59. The maximum atomic E-state index is 4.51. The van der Waals surface area contributed by atoms with Crippen molar-refractivity contribution in [3.63, 3.8) is 0 Å². The molecule has 2 rings (SSSR count). The Balaban J connectivity index is 2.26. The highest BCUT2D eigenvalue weighted by Crippen LogP contribution is 2.18. The number of halogens is 1. The summed E-state index contributed by atoms with van der Waals surface area (Å²) >= 11 is 3.40. The van der Waals surface area contributed by atoms with E-state index >= 15 is 0 Å². The Hall–Kier alpha value is -1.37. The molecule has 74 valence electrons. The minimum atomic E-state index is 0.963. The highest BCUT2D eigenvalue weighted by atomic mass is 79.9. The second-order valence-corrected chi connectivity index (χ2v) is 4.17. The predicted molar refractivity (Wildman–Crippen MR) is 67.6 cm³/mol. The zero-order valence-corrected chi connectivity index (χ0v) is 9.95. The van der Waals surface area contributed by atoms with Crippen molar-refractivity contribution in [2.24, 2.45) is 4.99 Å².